The zero-order chi connectivity index (χ0) is 14.9. The van der Waals surface area contributed by atoms with Gasteiger partial charge in [-0.2, -0.15) is 0 Å². The van der Waals surface area contributed by atoms with Crippen LogP contribution in [0.5, 0.6) is 0 Å². The third kappa shape index (κ3) is 3.17. The second-order valence-corrected chi connectivity index (χ2v) is 7.64. The van der Waals surface area contributed by atoms with Crippen molar-refractivity contribution >= 4 is 25.6 Å². The lowest BCUT2D eigenvalue weighted by molar-refractivity contribution is 0.0673. The van der Waals surface area contributed by atoms with Gasteiger partial charge in [-0.05, 0) is 32.6 Å². The molecule has 1 aromatic rings. The number of halogens is 1. The predicted molar refractivity (Wildman–Crippen MR) is 75.4 cm³/mol. The second-order valence-electron chi connectivity index (χ2n) is 5.11. The van der Waals surface area contributed by atoms with Crippen molar-refractivity contribution in [3.63, 3.8) is 0 Å². The van der Waals surface area contributed by atoms with Crippen LogP contribution in [-0.2, 0) is 9.05 Å². The van der Waals surface area contributed by atoms with Gasteiger partial charge in [0.05, 0.1) is 0 Å². The van der Waals surface area contributed by atoms with Gasteiger partial charge in [-0.1, -0.05) is 6.42 Å². The molecule has 112 valence electrons. The monoisotopic (exact) mass is 319 g/mol. The Labute approximate surface area is 123 Å². The summed E-state index contributed by atoms with van der Waals surface area (Å²) in [7, 11) is 1.41. The number of nitrogens with zero attached hydrogens (tertiary/aromatic N) is 1. The van der Waals surface area contributed by atoms with Crippen molar-refractivity contribution < 1.29 is 17.6 Å². The maximum absolute atomic E-state index is 12.3. The number of carbonyl (C=O) groups is 1. The Kier molecular flexibility index (Phi) is 4.44. The molecule has 0 bridgehead atoms. The average Bonchev–Trinajstić information content (AvgIpc) is 2.69. The molecule has 1 heterocycles. The van der Waals surface area contributed by atoms with E-state index in [1.165, 1.54) is 19.4 Å². The number of rotatable bonds is 5. The first-order valence-corrected chi connectivity index (χ1v) is 8.98. The normalized spacial score (nSPS) is 15.9. The van der Waals surface area contributed by atoms with Gasteiger partial charge in [-0.15, -0.1) is 0 Å². The third-order valence-electron chi connectivity index (χ3n) is 3.72. The maximum Gasteiger partial charge on any atom is 0.289 e. The van der Waals surface area contributed by atoms with Crippen molar-refractivity contribution in [2.24, 2.45) is 5.92 Å². The Balaban J connectivity index is 2.19. The summed E-state index contributed by atoms with van der Waals surface area (Å²) in [5, 5.41) is 0. The molecule has 2 rings (SSSR count). The summed E-state index contributed by atoms with van der Waals surface area (Å²) in [4.78, 5) is 13.9. The minimum Gasteiger partial charge on any atom is -0.455 e. The number of hydrogen-bond acceptors (Lipinski definition) is 4. The summed E-state index contributed by atoms with van der Waals surface area (Å²) in [6.45, 7) is 4.63. The van der Waals surface area contributed by atoms with Gasteiger partial charge < -0.3 is 9.32 Å². The standard InChI is InChI=1S/C13H18ClNO4S/c1-3-15(8-10-5-4-6-10)13(16)11-7-12(9(2)19-11)20(14,17)18/h7,10H,3-6,8H2,1-2H3. The van der Waals surface area contributed by atoms with E-state index < -0.39 is 9.05 Å². The highest BCUT2D eigenvalue weighted by atomic mass is 35.7. The first-order chi connectivity index (χ1) is 9.32. The molecule has 5 nitrogen and oxygen atoms in total. The maximum atomic E-state index is 12.3. The Bertz CT molecular complexity index is 604. The van der Waals surface area contributed by atoms with Gasteiger partial charge in [0.1, 0.15) is 10.7 Å². The number of amides is 1. The van der Waals surface area contributed by atoms with Gasteiger partial charge in [0.2, 0.25) is 0 Å². The molecule has 1 fully saturated rings. The highest BCUT2D eigenvalue weighted by molar-refractivity contribution is 8.13. The first kappa shape index (κ1) is 15.4. The SMILES string of the molecule is CCN(CC1CCC1)C(=O)c1cc(S(=O)(=O)Cl)c(C)o1. The fourth-order valence-electron chi connectivity index (χ4n) is 2.31. The second kappa shape index (κ2) is 5.77. The molecule has 7 heteroatoms. The van der Waals surface area contributed by atoms with Crippen LogP contribution in [0.25, 0.3) is 0 Å². The van der Waals surface area contributed by atoms with Gasteiger partial charge in [-0.3, -0.25) is 4.79 Å². The molecular formula is C13H18ClNO4S. The summed E-state index contributed by atoms with van der Waals surface area (Å²) in [6, 6.07) is 1.21. The molecular weight excluding hydrogens is 302 g/mol. The van der Waals surface area contributed by atoms with Gasteiger partial charge >= 0.3 is 0 Å². The Morgan fingerprint density at radius 1 is 1.50 bits per heavy atom. The van der Waals surface area contributed by atoms with Crippen molar-refractivity contribution in [1.82, 2.24) is 4.90 Å². The molecule has 0 N–H and O–H groups in total. The van der Waals surface area contributed by atoms with Gasteiger partial charge in [0.15, 0.2) is 5.76 Å². The average molecular weight is 320 g/mol. The smallest absolute Gasteiger partial charge is 0.289 e. The summed E-state index contributed by atoms with van der Waals surface area (Å²) in [6.07, 6.45) is 3.50. The van der Waals surface area contributed by atoms with E-state index in [9.17, 15) is 13.2 Å². The van der Waals surface area contributed by atoms with Crippen molar-refractivity contribution in [2.45, 2.75) is 38.0 Å². The summed E-state index contributed by atoms with van der Waals surface area (Å²) in [5.41, 5.74) is 0. The molecule has 0 aliphatic heterocycles. The molecule has 1 aromatic heterocycles. The highest BCUT2D eigenvalue weighted by Gasteiger charge is 2.27. The minimum atomic E-state index is -3.89. The quantitative estimate of drug-likeness (QED) is 0.783. The number of furan rings is 1. The number of hydrogen-bond donors (Lipinski definition) is 0. The van der Waals surface area contributed by atoms with E-state index in [1.807, 2.05) is 6.92 Å². The van der Waals surface area contributed by atoms with Crippen molar-refractivity contribution in [2.75, 3.05) is 13.1 Å². The van der Waals surface area contributed by atoms with E-state index in [2.05, 4.69) is 0 Å². The lowest BCUT2D eigenvalue weighted by Crippen LogP contribution is -2.37. The van der Waals surface area contributed by atoms with Crippen molar-refractivity contribution in [3.8, 4) is 0 Å². The van der Waals surface area contributed by atoms with E-state index in [4.69, 9.17) is 15.1 Å². The van der Waals surface area contributed by atoms with Crippen LogP contribution < -0.4 is 0 Å². The Hall–Kier alpha value is -1.01. The fraction of sp³-hybridized carbons (Fsp3) is 0.615. The topological polar surface area (TPSA) is 67.6 Å². The number of carbonyl (C=O) groups excluding carboxylic acids is 1. The van der Waals surface area contributed by atoms with E-state index in [-0.39, 0.29) is 22.3 Å². The van der Waals surface area contributed by atoms with Crippen LogP contribution >= 0.6 is 10.7 Å². The first-order valence-electron chi connectivity index (χ1n) is 6.67. The van der Waals surface area contributed by atoms with Crippen LogP contribution in [0, 0.1) is 12.8 Å². The van der Waals surface area contributed by atoms with Crippen molar-refractivity contribution in [3.05, 3.63) is 17.6 Å². The van der Waals surface area contributed by atoms with Gasteiger partial charge in [-0.25, -0.2) is 8.42 Å². The molecule has 1 saturated carbocycles. The highest BCUT2D eigenvalue weighted by Crippen LogP contribution is 2.28. The molecule has 0 atom stereocenters. The summed E-state index contributed by atoms with van der Waals surface area (Å²) in [5.74, 6) is 0.436. The van der Waals surface area contributed by atoms with Crippen LogP contribution in [0.15, 0.2) is 15.4 Å². The molecule has 0 aromatic carbocycles. The molecule has 0 radical (unpaired) electrons. The van der Waals surface area contributed by atoms with Gasteiger partial charge in [0.25, 0.3) is 15.0 Å². The summed E-state index contributed by atoms with van der Waals surface area (Å²) < 4.78 is 27.9. The Morgan fingerprint density at radius 2 is 2.15 bits per heavy atom. The van der Waals surface area contributed by atoms with E-state index in [0.29, 0.717) is 19.0 Å². The molecule has 1 aliphatic carbocycles. The number of aryl methyl sites for hydroxylation is 1. The van der Waals surface area contributed by atoms with E-state index in [0.717, 1.165) is 12.8 Å². The van der Waals surface area contributed by atoms with Crippen LogP contribution in [0.3, 0.4) is 0 Å². The molecule has 1 aliphatic rings. The van der Waals surface area contributed by atoms with Crippen LogP contribution in [0.2, 0.25) is 0 Å². The molecule has 1 amide bonds. The molecule has 0 spiro atoms. The predicted octanol–water partition coefficient (Wildman–Crippen LogP) is 2.78. The zero-order valence-electron chi connectivity index (χ0n) is 11.6. The zero-order valence-corrected chi connectivity index (χ0v) is 13.1. The molecule has 0 saturated heterocycles. The lowest BCUT2D eigenvalue weighted by atomic mass is 9.85. The summed E-state index contributed by atoms with van der Waals surface area (Å²) >= 11 is 0. The van der Waals surface area contributed by atoms with Crippen LogP contribution in [0.4, 0.5) is 0 Å². The minimum absolute atomic E-state index is 0.0305. The molecule has 20 heavy (non-hydrogen) atoms. The van der Waals surface area contributed by atoms with E-state index >= 15 is 0 Å². The lowest BCUT2D eigenvalue weighted by Gasteiger charge is -2.31. The van der Waals surface area contributed by atoms with Gasteiger partial charge in [0, 0.05) is 29.8 Å². The Morgan fingerprint density at radius 3 is 2.55 bits per heavy atom. The van der Waals surface area contributed by atoms with Crippen LogP contribution in [0.1, 0.15) is 42.5 Å². The molecule has 0 unspecified atom stereocenters. The largest absolute Gasteiger partial charge is 0.455 e. The third-order valence-corrected chi connectivity index (χ3v) is 5.15. The van der Waals surface area contributed by atoms with Crippen LogP contribution in [-0.4, -0.2) is 32.3 Å². The van der Waals surface area contributed by atoms with Crippen molar-refractivity contribution in [1.29, 1.82) is 0 Å². The van der Waals surface area contributed by atoms with E-state index in [1.54, 1.807) is 4.90 Å². The fourth-order valence-corrected chi connectivity index (χ4v) is 3.40.